The lowest BCUT2D eigenvalue weighted by atomic mass is 10.1. The minimum Gasteiger partial charge on any atom is -0.508 e. The highest BCUT2D eigenvalue weighted by molar-refractivity contribution is 5.86. The van der Waals surface area contributed by atoms with Crippen LogP contribution in [-0.2, 0) is 16.0 Å². The normalized spacial score (nSPS) is 11.4. The van der Waals surface area contributed by atoms with E-state index in [1.165, 1.54) is 12.1 Å². The number of aromatic hydroxyl groups is 1. The quantitative estimate of drug-likeness (QED) is 0.462. The molecule has 8 heteroatoms. The first-order valence-corrected chi connectivity index (χ1v) is 5.72. The smallest absolute Gasteiger partial charge is 0.326 e. The minimum atomic E-state index is -1.22. The van der Waals surface area contributed by atoms with Gasteiger partial charge in [-0.25, -0.2) is 9.59 Å². The summed E-state index contributed by atoms with van der Waals surface area (Å²) in [7, 11) is 0. The zero-order valence-corrected chi connectivity index (χ0v) is 10.5. The van der Waals surface area contributed by atoms with Gasteiger partial charge in [0.2, 0.25) is 5.91 Å². The number of benzene rings is 1. The van der Waals surface area contributed by atoms with Gasteiger partial charge >= 0.3 is 12.0 Å². The largest absolute Gasteiger partial charge is 0.508 e. The molecule has 0 heterocycles. The molecule has 1 atom stereocenters. The SMILES string of the molecule is NC(=O)CNC(=O)N[C@H](Cc1ccc(O)cc1)C(=O)O. The highest BCUT2D eigenvalue weighted by Gasteiger charge is 2.20. The molecule has 1 rings (SSSR count). The predicted octanol–water partition coefficient (Wildman–Crippen LogP) is -0.828. The molecule has 0 aliphatic rings. The molecule has 0 saturated carbocycles. The van der Waals surface area contributed by atoms with Crippen molar-refractivity contribution in [2.75, 3.05) is 6.54 Å². The fourth-order valence-corrected chi connectivity index (χ4v) is 1.44. The van der Waals surface area contributed by atoms with Crippen LogP contribution in [0.2, 0.25) is 0 Å². The number of hydrogen-bond acceptors (Lipinski definition) is 4. The summed E-state index contributed by atoms with van der Waals surface area (Å²) in [4.78, 5) is 32.9. The van der Waals surface area contributed by atoms with E-state index >= 15 is 0 Å². The molecule has 6 N–H and O–H groups in total. The zero-order chi connectivity index (χ0) is 15.1. The number of phenols is 1. The van der Waals surface area contributed by atoms with Crippen LogP contribution in [0.5, 0.6) is 5.75 Å². The van der Waals surface area contributed by atoms with Crippen LogP contribution in [0.15, 0.2) is 24.3 Å². The van der Waals surface area contributed by atoms with Gasteiger partial charge in [0.25, 0.3) is 0 Å². The lowest BCUT2D eigenvalue weighted by Crippen LogP contribution is -2.48. The number of rotatable bonds is 6. The Bertz CT molecular complexity index is 500. The third-order valence-electron chi connectivity index (χ3n) is 2.40. The Hall–Kier alpha value is -2.77. The molecule has 0 fully saturated rings. The number of amides is 3. The van der Waals surface area contributed by atoms with Crippen molar-refractivity contribution in [2.24, 2.45) is 5.73 Å². The van der Waals surface area contributed by atoms with E-state index in [1.807, 2.05) is 0 Å². The average Bonchev–Trinajstić information content (AvgIpc) is 2.38. The Kier molecular flexibility index (Phi) is 5.33. The number of aliphatic carboxylic acids is 1. The zero-order valence-electron chi connectivity index (χ0n) is 10.5. The molecule has 1 aromatic rings. The van der Waals surface area contributed by atoms with Gasteiger partial charge in [0.1, 0.15) is 11.8 Å². The summed E-state index contributed by atoms with van der Waals surface area (Å²) in [6.45, 7) is -0.378. The first-order valence-electron chi connectivity index (χ1n) is 5.72. The predicted molar refractivity (Wildman–Crippen MR) is 69.0 cm³/mol. The van der Waals surface area contributed by atoms with Gasteiger partial charge in [-0.15, -0.1) is 0 Å². The van der Waals surface area contributed by atoms with Crippen molar-refractivity contribution in [3.05, 3.63) is 29.8 Å². The van der Waals surface area contributed by atoms with Gasteiger partial charge in [0.15, 0.2) is 0 Å². The molecule has 0 saturated heterocycles. The molecule has 0 unspecified atom stereocenters. The van der Waals surface area contributed by atoms with E-state index in [-0.39, 0.29) is 18.7 Å². The van der Waals surface area contributed by atoms with Crippen LogP contribution in [0.1, 0.15) is 5.56 Å². The number of nitrogens with two attached hydrogens (primary N) is 1. The minimum absolute atomic E-state index is 0.0413. The summed E-state index contributed by atoms with van der Waals surface area (Å²) in [5.74, 6) is -1.88. The summed E-state index contributed by atoms with van der Waals surface area (Å²) < 4.78 is 0. The molecule has 0 aliphatic heterocycles. The van der Waals surface area contributed by atoms with E-state index in [0.717, 1.165) is 0 Å². The third-order valence-corrected chi connectivity index (χ3v) is 2.40. The van der Waals surface area contributed by atoms with Crippen LogP contribution in [0, 0.1) is 0 Å². The highest BCUT2D eigenvalue weighted by atomic mass is 16.4. The molecular weight excluding hydrogens is 266 g/mol. The molecule has 20 heavy (non-hydrogen) atoms. The second kappa shape index (κ2) is 6.98. The molecule has 0 aromatic heterocycles. The van der Waals surface area contributed by atoms with Gasteiger partial charge in [-0.3, -0.25) is 4.79 Å². The Labute approximate surface area is 114 Å². The Morgan fingerprint density at radius 1 is 1.20 bits per heavy atom. The van der Waals surface area contributed by atoms with E-state index in [9.17, 15) is 14.4 Å². The van der Waals surface area contributed by atoms with Crippen molar-refractivity contribution in [2.45, 2.75) is 12.5 Å². The second-order valence-corrected chi connectivity index (χ2v) is 4.05. The van der Waals surface area contributed by atoms with Gasteiger partial charge in [-0.2, -0.15) is 0 Å². The average molecular weight is 281 g/mol. The summed E-state index contributed by atoms with van der Waals surface area (Å²) >= 11 is 0. The molecule has 0 bridgehead atoms. The lowest BCUT2D eigenvalue weighted by Gasteiger charge is -2.15. The lowest BCUT2D eigenvalue weighted by molar-refractivity contribution is -0.139. The van der Waals surface area contributed by atoms with Crippen LogP contribution in [-0.4, -0.2) is 40.7 Å². The summed E-state index contributed by atoms with van der Waals surface area (Å²) in [5, 5.41) is 22.5. The Balaban J connectivity index is 2.60. The maximum Gasteiger partial charge on any atom is 0.326 e. The molecular formula is C12H15N3O5. The number of phenolic OH excluding ortho intramolecular Hbond substituents is 1. The fraction of sp³-hybridized carbons (Fsp3) is 0.250. The number of carboxylic acids is 1. The fourth-order valence-electron chi connectivity index (χ4n) is 1.44. The molecule has 0 aliphatic carbocycles. The van der Waals surface area contributed by atoms with Crippen molar-refractivity contribution >= 4 is 17.9 Å². The standard InChI is InChI=1S/C12H15N3O5/c13-10(17)6-14-12(20)15-9(11(18)19)5-7-1-3-8(16)4-2-7/h1-4,9,16H,5-6H2,(H2,13,17)(H,18,19)(H2,14,15,20)/t9-/m1/s1. The van der Waals surface area contributed by atoms with Crippen LogP contribution in [0.25, 0.3) is 0 Å². The van der Waals surface area contributed by atoms with Crippen molar-refractivity contribution in [1.29, 1.82) is 0 Å². The summed E-state index contributed by atoms with van der Waals surface area (Å²) in [6, 6.07) is 3.98. The van der Waals surface area contributed by atoms with Gasteiger partial charge in [0, 0.05) is 6.42 Å². The van der Waals surface area contributed by atoms with Gasteiger partial charge in [-0.05, 0) is 17.7 Å². The van der Waals surface area contributed by atoms with E-state index in [1.54, 1.807) is 12.1 Å². The first-order chi connectivity index (χ1) is 9.38. The number of urea groups is 1. The molecule has 1 aromatic carbocycles. The maximum absolute atomic E-state index is 11.4. The number of carbonyl (C=O) groups excluding carboxylic acids is 2. The molecule has 8 nitrogen and oxygen atoms in total. The maximum atomic E-state index is 11.4. The second-order valence-electron chi connectivity index (χ2n) is 4.05. The third kappa shape index (κ3) is 5.25. The van der Waals surface area contributed by atoms with Crippen LogP contribution >= 0.6 is 0 Å². The van der Waals surface area contributed by atoms with Crippen molar-refractivity contribution in [1.82, 2.24) is 10.6 Å². The number of carbonyl (C=O) groups is 3. The van der Waals surface area contributed by atoms with Crippen molar-refractivity contribution in [3.8, 4) is 5.75 Å². The van der Waals surface area contributed by atoms with Gasteiger partial charge < -0.3 is 26.6 Å². The topological polar surface area (TPSA) is 142 Å². The Morgan fingerprint density at radius 2 is 1.80 bits per heavy atom. The van der Waals surface area contributed by atoms with Crippen LogP contribution in [0.4, 0.5) is 4.79 Å². The van der Waals surface area contributed by atoms with E-state index in [2.05, 4.69) is 10.6 Å². The summed E-state index contributed by atoms with van der Waals surface area (Å²) in [5.41, 5.74) is 5.48. The molecule has 0 radical (unpaired) electrons. The molecule has 108 valence electrons. The van der Waals surface area contributed by atoms with Crippen LogP contribution < -0.4 is 16.4 Å². The van der Waals surface area contributed by atoms with E-state index in [4.69, 9.17) is 15.9 Å². The monoisotopic (exact) mass is 281 g/mol. The number of hydrogen-bond donors (Lipinski definition) is 5. The van der Waals surface area contributed by atoms with Crippen molar-refractivity contribution in [3.63, 3.8) is 0 Å². The Morgan fingerprint density at radius 3 is 2.30 bits per heavy atom. The highest BCUT2D eigenvalue weighted by Crippen LogP contribution is 2.11. The van der Waals surface area contributed by atoms with Crippen LogP contribution in [0.3, 0.4) is 0 Å². The van der Waals surface area contributed by atoms with Crippen molar-refractivity contribution < 1.29 is 24.6 Å². The number of primary amides is 1. The molecule has 3 amide bonds. The van der Waals surface area contributed by atoms with E-state index < -0.39 is 23.9 Å². The first kappa shape index (κ1) is 15.3. The van der Waals surface area contributed by atoms with E-state index in [0.29, 0.717) is 5.56 Å². The molecule has 0 spiro atoms. The summed E-state index contributed by atoms with van der Waals surface area (Å²) in [6.07, 6.45) is 0.0413. The van der Waals surface area contributed by atoms with Gasteiger partial charge in [-0.1, -0.05) is 12.1 Å². The number of carboxylic acid groups (broad SMARTS) is 1. The number of nitrogens with one attached hydrogen (secondary N) is 2. The van der Waals surface area contributed by atoms with Gasteiger partial charge in [0.05, 0.1) is 6.54 Å².